The number of carbonyl (C=O) groups is 5. The third kappa shape index (κ3) is 42.3. The number of nitrogens with two attached hydrogens (primary N) is 5. The molecule has 13 aromatic rings. The predicted octanol–water partition coefficient (Wildman–Crippen LogP) is 22.9. The second-order valence-corrected chi connectivity index (χ2v) is 36.4. The first-order valence-corrected chi connectivity index (χ1v) is 44.8. The minimum atomic E-state index is -0.963. The number of carbonyl (C=O) groups excluding carboxylic acids is 5. The van der Waals surface area contributed by atoms with Crippen LogP contribution in [0.1, 0.15) is 117 Å². The molecule has 147 heavy (non-hydrogen) atoms. The molecule has 0 aliphatic rings. The maximum absolute atomic E-state index is 14.4. The standard InChI is InChI=1S/C21H25ClFN7O2.C16H17ClFN7.C15H15Cl2FN4O2.C11H13FN2O4.C11H15FN2O2.C6H5FN2O2.2C5H9N3.C3H3ClO/c1-11-17(12(2)30(6)29-11)27-19-24-10-14(22)18(28-19)26-16-9-13(7-8-15(16)23)25-20(31)32-21(3,4)5;1-8-14(9(2)25(3)24-8)22-16-20-7-11(17)15(23-16)21-13-6-10(19)4-5-12(13)18;1-15(2,3)24-14(23)20-8-4-5-10(18)11(6-8)21-12-9(16)7-19-13(17)22-12;1-11(2,3)18-10(15)13-7-4-5-8(12)9(6-7)14(16)17;1-11(2,3)16-10(15)14-7-4-5-8(12)9(13)6-7;7-5-2-1-4(8)3-6(5)9(10)11;1-4-5(6)3-8(2)7-4;1-4-5(6)3-7-8(4)2;1-2-3(4)5/h7-10H,1-6H3,(H,25,31)(H2,24,26,27,28);4-7H,19H2,1-3H3,(H2,20,21,22,23);4-7H,1-3H3,(H,20,23)(H,19,21,22);4-6H,1-3H3,(H,13,15);4-6H,13H2,1-3H3,(H,14,15);1-3H,8H2;2*3H,6H2,1-2H3;2H,1H2. The summed E-state index contributed by atoms with van der Waals surface area (Å²) in [5.74, 6) is -2.75. The maximum atomic E-state index is 14.4. The first-order chi connectivity index (χ1) is 68.2. The number of nitrogens with zero attached hydrogens (tertiary/aromatic N) is 16. The van der Waals surface area contributed by atoms with Crippen LogP contribution < -0.4 is 76.5 Å². The highest BCUT2D eigenvalue weighted by Gasteiger charge is 2.25. The summed E-state index contributed by atoms with van der Waals surface area (Å²) >= 11 is 28.7. The summed E-state index contributed by atoms with van der Waals surface area (Å²) in [5.41, 5.74) is 33.8. The monoisotopic (exact) mass is 2140 g/mol. The number of allylic oxidation sites excluding steroid dienone is 1. The Labute approximate surface area is 865 Å². The van der Waals surface area contributed by atoms with Gasteiger partial charge in [-0.1, -0.05) is 41.4 Å². The van der Waals surface area contributed by atoms with Crippen LogP contribution in [-0.4, -0.2) is 131 Å². The van der Waals surface area contributed by atoms with E-state index in [1.165, 1.54) is 104 Å². The fraction of sp³-hybridized carbons (Fsp3) is 0.280. The lowest BCUT2D eigenvalue weighted by Crippen LogP contribution is -2.27. The number of nitrogen functional groups attached to an aromatic ring is 5. The zero-order chi connectivity index (χ0) is 111. The molecule has 6 aromatic carbocycles. The van der Waals surface area contributed by atoms with Crippen LogP contribution in [0.2, 0.25) is 20.4 Å². The van der Waals surface area contributed by atoms with Gasteiger partial charge in [-0.15, -0.1) is 0 Å². The lowest BCUT2D eigenvalue weighted by Gasteiger charge is -2.20. The molecule has 19 N–H and O–H groups in total. The molecule has 0 saturated carbocycles. The number of hydrogen-bond donors (Lipinski definition) is 14. The Kier molecular flexibility index (Phi) is 44.9. The summed E-state index contributed by atoms with van der Waals surface area (Å²) in [4.78, 5) is 99.5. The molecule has 0 aliphatic heterocycles. The Bertz CT molecular complexity index is 6790. The van der Waals surface area contributed by atoms with Crippen LogP contribution >= 0.6 is 58.0 Å². The van der Waals surface area contributed by atoms with E-state index in [4.69, 9.17) is 106 Å². The molecule has 0 unspecified atom stereocenters. The number of aromatic nitrogens is 14. The third-order valence-corrected chi connectivity index (χ3v) is 18.9. The van der Waals surface area contributed by atoms with E-state index < -0.39 is 108 Å². The largest absolute Gasteiger partial charge is 0.444 e. The average Bonchev–Trinajstić information content (AvgIpc) is 1.04. The van der Waals surface area contributed by atoms with Crippen molar-refractivity contribution in [1.29, 1.82) is 0 Å². The van der Waals surface area contributed by atoms with Gasteiger partial charge < -0.3 is 74.2 Å². The molecule has 0 radical (unpaired) electrons. The summed E-state index contributed by atoms with van der Waals surface area (Å²) in [6, 6.07) is 22.4. The Balaban J connectivity index is 0.000000304. The molecular formula is C93H111Cl5F6N30O13. The fourth-order valence-electron chi connectivity index (χ4n) is 10.9. The van der Waals surface area contributed by atoms with Gasteiger partial charge in [0.05, 0.1) is 120 Å². The molecule has 7 aromatic heterocycles. The van der Waals surface area contributed by atoms with E-state index in [1.807, 2.05) is 69.7 Å². The minimum Gasteiger partial charge on any atom is -0.444 e. The van der Waals surface area contributed by atoms with E-state index in [0.717, 1.165) is 87.3 Å². The van der Waals surface area contributed by atoms with Crippen molar-refractivity contribution >= 4 is 208 Å². The summed E-state index contributed by atoms with van der Waals surface area (Å²) in [6.45, 7) is 35.3. The van der Waals surface area contributed by atoms with E-state index in [-0.39, 0.29) is 77.9 Å². The smallest absolute Gasteiger partial charge is 0.412 e. The van der Waals surface area contributed by atoms with Gasteiger partial charge >= 0.3 is 35.7 Å². The van der Waals surface area contributed by atoms with Crippen LogP contribution in [0.15, 0.2) is 153 Å². The van der Waals surface area contributed by atoms with Crippen molar-refractivity contribution in [2.75, 3.05) is 76.5 Å². The quantitative estimate of drug-likeness (QED) is 0.00588. The molecule has 0 fully saturated rings. The van der Waals surface area contributed by atoms with Crippen molar-refractivity contribution in [1.82, 2.24) is 69.0 Å². The Hall–Kier alpha value is -16.3. The number of anilines is 19. The Morgan fingerprint density at radius 3 is 1.03 bits per heavy atom. The number of nitro groups is 2. The normalized spacial score (nSPS) is 10.6. The van der Waals surface area contributed by atoms with Gasteiger partial charge in [0.25, 0.3) is 0 Å². The molecule has 0 atom stereocenters. The average molecular weight is 2150 g/mol. The van der Waals surface area contributed by atoms with E-state index >= 15 is 0 Å². The summed E-state index contributed by atoms with van der Waals surface area (Å²) in [7, 11) is 7.41. The molecule has 54 heteroatoms. The highest BCUT2D eigenvalue weighted by atomic mass is 35.5. The van der Waals surface area contributed by atoms with Gasteiger partial charge in [-0.25, -0.2) is 51.7 Å². The number of rotatable bonds is 17. The molecule has 4 amide bonds. The molecule has 0 aliphatic carbocycles. The van der Waals surface area contributed by atoms with Crippen LogP contribution in [0.3, 0.4) is 0 Å². The zero-order valence-electron chi connectivity index (χ0n) is 83.6. The van der Waals surface area contributed by atoms with Crippen molar-refractivity contribution in [2.24, 2.45) is 28.2 Å². The summed E-state index contributed by atoms with van der Waals surface area (Å²) in [5, 5.41) is 61.7. The van der Waals surface area contributed by atoms with Gasteiger partial charge in [0.15, 0.2) is 17.5 Å². The number of hydrogen-bond acceptors (Lipinski definition) is 33. The lowest BCUT2D eigenvalue weighted by atomic mass is 10.2. The molecule has 0 saturated heterocycles. The lowest BCUT2D eigenvalue weighted by molar-refractivity contribution is -0.387. The molecule has 0 spiro atoms. The van der Waals surface area contributed by atoms with Crippen LogP contribution in [-0.2, 0) is 51.9 Å². The first kappa shape index (κ1) is 121. The topological polar surface area (TPSA) is 596 Å². The van der Waals surface area contributed by atoms with E-state index in [0.29, 0.717) is 28.7 Å². The summed E-state index contributed by atoms with van der Waals surface area (Å²) in [6.07, 6.45) is 5.95. The Morgan fingerprint density at radius 1 is 0.401 bits per heavy atom. The highest BCUT2D eigenvalue weighted by Crippen LogP contribution is 2.35. The first-order valence-electron chi connectivity index (χ1n) is 42.9. The van der Waals surface area contributed by atoms with Gasteiger partial charge in [0.1, 0.15) is 60.7 Å². The SMILES string of the molecule is C=CC(=O)Cl.CC(C)(C)OC(=O)Nc1ccc(F)c(N)c1.CC(C)(C)OC(=O)Nc1ccc(F)c(Nc2nc(Cl)ncc2Cl)c1.CC(C)(C)OC(=O)Nc1ccc(F)c([N+](=O)[O-])c1.Cc1c(N)cnn1C.Cc1nn(C)c(C)c1Nc1ncc(Cl)c(Nc2cc(N)ccc2F)n1.Cc1nn(C)c(C)c1Nc1ncc(Cl)c(Nc2cc(NC(=O)OC(C)(C)C)ccc2F)n1.Cc1nn(C)cc1N.Nc1ccc(F)c([N+](=O)[O-])c1. The van der Waals surface area contributed by atoms with Gasteiger partial charge in [0.2, 0.25) is 34.1 Å². The number of aryl methyl sites for hydroxylation is 7. The van der Waals surface area contributed by atoms with E-state index in [1.54, 1.807) is 114 Å². The highest BCUT2D eigenvalue weighted by molar-refractivity contribution is 6.66. The third-order valence-electron chi connectivity index (χ3n) is 17.7. The van der Waals surface area contributed by atoms with Crippen LogP contribution in [0.5, 0.6) is 0 Å². The van der Waals surface area contributed by atoms with E-state index in [9.17, 15) is 70.5 Å². The molecular weight excluding hydrogens is 2040 g/mol. The number of benzene rings is 6. The van der Waals surface area contributed by atoms with Crippen molar-refractivity contribution in [2.45, 2.75) is 147 Å². The van der Waals surface area contributed by atoms with Crippen LogP contribution in [0.25, 0.3) is 0 Å². The number of amides is 4. The van der Waals surface area contributed by atoms with Crippen molar-refractivity contribution < 1.29 is 79.1 Å². The minimum absolute atomic E-state index is 0.0199. The van der Waals surface area contributed by atoms with Crippen LogP contribution in [0.4, 0.5) is 166 Å². The molecule has 788 valence electrons. The van der Waals surface area contributed by atoms with Gasteiger partial charge in [-0.3, -0.25) is 65.0 Å². The fourth-order valence-corrected chi connectivity index (χ4v) is 11.4. The molecule has 43 nitrogen and oxygen atoms in total. The summed E-state index contributed by atoms with van der Waals surface area (Å²) < 4.78 is 108. The Morgan fingerprint density at radius 2 is 0.728 bits per heavy atom. The molecule has 7 heterocycles. The number of nitrogens with one attached hydrogen (secondary N) is 9. The van der Waals surface area contributed by atoms with Crippen molar-refractivity contribution in [3.63, 3.8) is 0 Å². The predicted molar refractivity (Wildman–Crippen MR) is 558 cm³/mol. The van der Waals surface area contributed by atoms with Crippen molar-refractivity contribution in [3.8, 4) is 0 Å². The van der Waals surface area contributed by atoms with Crippen LogP contribution in [0, 0.1) is 96.7 Å². The second-order valence-electron chi connectivity index (χ2n) is 34.5. The van der Waals surface area contributed by atoms with Gasteiger partial charge in [-0.2, -0.15) is 44.1 Å². The maximum Gasteiger partial charge on any atom is 0.412 e. The van der Waals surface area contributed by atoms with E-state index in [2.05, 4.69) is 105 Å². The number of halogens is 11. The second kappa shape index (κ2) is 54.4. The molecule has 13 rings (SSSR count). The van der Waals surface area contributed by atoms with Gasteiger partial charge in [-0.05, 0) is 251 Å². The van der Waals surface area contributed by atoms with Gasteiger partial charge in [0, 0.05) is 75.0 Å². The zero-order valence-corrected chi connectivity index (χ0v) is 87.4. The number of nitro benzene ring substituents is 2. The number of ether oxygens (including phenoxy) is 4. The van der Waals surface area contributed by atoms with Crippen molar-refractivity contribution in [3.05, 3.63) is 262 Å². The molecule has 0 bridgehead atoms.